The molecule has 4 heteroatoms. The van der Waals surface area contributed by atoms with Crippen LogP contribution in [0.1, 0.15) is 21.4 Å². The molecule has 0 spiro atoms. The van der Waals surface area contributed by atoms with Gasteiger partial charge in [-0.05, 0) is 24.3 Å². The second kappa shape index (κ2) is 4.46. The van der Waals surface area contributed by atoms with Gasteiger partial charge in [-0.15, -0.1) is 0 Å². The Labute approximate surface area is 108 Å². The van der Waals surface area contributed by atoms with E-state index >= 15 is 0 Å². The molecule has 1 aliphatic rings. The maximum absolute atomic E-state index is 12.9. The summed E-state index contributed by atoms with van der Waals surface area (Å²) >= 11 is 1.45. The Morgan fingerprint density at radius 1 is 1.06 bits per heavy atom. The van der Waals surface area contributed by atoms with E-state index in [-0.39, 0.29) is 11.8 Å². The normalized spacial score (nSPS) is 18.1. The van der Waals surface area contributed by atoms with Crippen LogP contribution in [-0.4, -0.2) is 5.97 Å². The number of rotatable bonds is 1. The quantitative estimate of drug-likeness (QED) is 0.730. The number of ether oxygens (including phenoxy) is 1. The van der Waals surface area contributed by atoms with Crippen molar-refractivity contribution in [2.75, 3.05) is 0 Å². The van der Waals surface area contributed by atoms with Crippen LogP contribution in [0.4, 0.5) is 4.39 Å². The molecule has 2 aromatic rings. The monoisotopic (exact) mass is 260 g/mol. The molecule has 1 atom stereocenters. The summed E-state index contributed by atoms with van der Waals surface area (Å²) in [5, 5.41) is 0. The van der Waals surface area contributed by atoms with Crippen LogP contribution >= 0.6 is 11.8 Å². The van der Waals surface area contributed by atoms with Crippen molar-refractivity contribution in [3.8, 4) is 0 Å². The first kappa shape index (κ1) is 11.3. The molecule has 90 valence electrons. The first-order valence-corrected chi connectivity index (χ1v) is 6.34. The van der Waals surface area contributed by atoms with Crippen molar-refractivity contribution in [2.45, 2.75) is 10.3 Å². The Morgan fingerprint density at radius 3 is 2.56 bits per heavy atom. The third kappa shape index (κ3) is 1.99. The summed E-state index contributed by atoms with van der Waals surface area (Å²) in [5.41, 5.74) is 0.957. The third-order valence-corrected chi connectivity index (χ3v) is 3.89. The molecule has 2 aromatic carbocycles. The molecule has 3 rings (SSSR count). The lowest BCUT2D eigenvalue weighted by Gasteiger charge is -2.24. The molecule has 0 radical (unpaired) electrons. The van der Waals surface area contributed by atoms with Gasteiger partial charge in [0.1, 0.15) is 5.82 Å². The first-order chi connectivity index (χ1) is 8.74. The number of fused-ring (bicyclic) bond motifs is 1. The summed E-state index contributed by atoms with van der Waals surface area (Å²) in [5.74, 6) is -0.634. The van der Waals surface area contributed by atoms with Crippen LogP contribution in [0.3, 0.4) is 0 Å². The number of hydrogen-bond acceptors (Lipinski definition) is 3. The number of benzene rings is 2. The Balaban J connectivity index is 1.94. The van der Waals surface area contributed by atoms with Crippen molar-refractivity contribution in [3.63, 3.8) is 0 Å². The summed E-state index contributed by atoms with van der Waals surface area (Å²) < 4.78 is 18.2. The highest BCUT2D eigenvalue weighted by Gasteiger charge is 2.27. The fourth-order valence-corrected chi connectivity index (χ4v) is 2.89. The number of cyclic esters (lactones) is 1. The zero-order valence-corrected chi connectivity index (χ0v) is 10.1. The maximum atomic E-state index is 12.9. The van der Waals surface area contributed by atoms with Crippen molar-refractivity contribution < 1.29 is 13.9 Å². The van der Waals surface area contributed by atoms with Crippen LogP contribution in [0.2, 0.25) is 0 Å². The fourth-order valence-electron chi connectivity index (χ4n) is 1.79. The van der Waals surface area contributed by atoms with E-state index in [9.17, 15) is 9.18 Å². The number of esters is 1. The summed E-state index contributed by atoms with van der Waals surface area (Å²) in [6.07, 6.45) is 0. The summed E-state index contributed by atoms with van der Waals surface area (Å²) in [6, 6.07) is 13.3. The molecule has 2 nitrogen and oxygen atoms in total. The van der Waals surface area contributed by atoms with Crippen LogP contribution in [0.5, 0.6) is 0 Å². The van der Waals surface area contributed by atoms with Gasteiger partial charge in [0, 0.05) is 10.5 Å². The van der Waals surface area contributed by atoms with E-state index in [0.29, 0.717) is 5.56 Å². The molecule has 0 saturated heterocycles. The average Bonchev–Trinajstić information content (AvgIpc) is 2.39. The lowest BCUT2D eigenvalue weighted by Crippen LogP contribution is -2.15. The van der Waals surface area contributed by atoms with Gasteiger partial charge in [0.05, 0.1) is 5.56 Å². The molecule has 1 aliphatic heterocycles. The van der Waals surface area contributed by atoms with Crippen LogP contribution < -0.4 is 0 Å². The summed E-state index contributed by atoms with van der Waals surface area (Å²) in [7, 11) is 0. The molecule has 0 N–H and O–H groups in total. The van der Waals surface area contributed by atoms with E-state index in [1.54, 1.807) is 24.3 Å². The average molecular weight is 260 g/mol. The number of carbonyl (C=O) groups excluding carboxylic acids is 1. The largest absolute Gasteiger partial charge is 0.442 e. The lowest BCUT2D eigenvalue weighted by atomic mass is 10.2. The van der Waals surface area contributed by atoms with E-state index in [0.717, 1.165) is 10.5 Å². The highest BCUT2D eigenvalue weighted by Crippen LogP contribution is 2.42. The number of thioether (sulfide) groups is 1. The molecule has 0 bridgehead atoms. The molecule has 0 saturated carbocycles. The van der Waals surface area contributed by atoms with Crippen molar-refractivity contribution in [2.24, 2.45) is 0 Å². The van der Waals surface area contributed by atoms with Gasteiger partial charge in [-0.2, -0.15) is 0 Å². The van der Waals surface area contributed by atoms with Crippen molar-refractivity contribution in [3.05, 3.63) is 65.5 Å². The molecule has 1 heterocycles. The van der Waals surface area contributed by atoms with Crippen molar-refractivity contribution in [1.82, 2.24) is 0 Å². The second-order valence-corrected chi connectivity index (χ2v) is 5.01. The zero-order valence-electron chi connectivity index (χ0n) is 9.30. The van der Waals surface area contributed by atoms with Crippen LogP contribution in [0, 0.1) is 5.82 Å². The zero-order chi connectivity index (χ0) is 12.5. The second-order valence-electron chi connectivity index (χ2n) is 3.90. The predicted octanol–water partition coefficient (Wildman–Crippen LogP) is 3.79. The van der Waals surface area contributed by atoms with E-state index < -0.39 is 5.44 Å². The Hall–Kier alpha value is -1.81. The Kier molecular flexibility index (Phi) is 2.80. The Bertz CT molecular complexity index is 595. The standard InChI is InChI=1S/C14H9FO2S/c15-10-7-5-9(6-8-10)14-17-13(16)11-3-1-2-4-12(11)18-14/h1-8,14H/t14-/m1/s1. The highest BCUT2D eigenvalue weighted by atomic mass is 32.2. The van der Waals surface area contributed by atoms with E-state index in [1.165, 1.54) is 23.9 Å². The molecule has 0 aromatic heterocycles. The van der Waals surface area contributed by atoms with E-state index in [1.807, 2.05) is 12.1 Å². The topological polar surface area (TPSA) is 26.3 Å². The summed E-state index contributed by atoms with van der Waals surface area (Å²) in [4.78, 5) is 12.7. The number of carbonyl (C=O) groups is 1. The maximum Gasteiger partial charge on any atom is 0.340 e. The van der Waals surface area contributed by atoms with Gasteiger partial charge in [0.15, 0.2) is 5.44 Å². The van der Waals surface area contributed by atoms with Gasteiger partial charge >= 0.3 is 5.97 Å². The molecule has 0 fully saturated rings. The first-order valence-electron chi connectivity index (χ1n) is 5.46. The van der Waals surface area contributed by atoms with E-state index in [2.05, 4.69) is 0 Å². The van der Waals surface area contributed by atoms with Crippen molar-refractivity contribution >= 4 is 17.7 Å². The number of hydrogen-bond donors (Lipinski definition) is 0. The Morgan fingerprint density at radius 2 is 1.78 bits per heavy atom. The van der Waals surface area contributed by atoms with Crippen LogP contribution in [0.15, 0.2) is 53.4 Å². The molecule has 0 unspecified atom stereocenters. The SMILES string of the molecule is O=C1O[C@@H](c2ccc(F)cc2)Sc2ccccc21. The molecule has 0 amide bonds. The lowest BCUT2D eigenvalue weighted by molar-refractivity contribution is 0.0440. The summed E-state index contributed by atoms with van der Waals surface area (Å²) in [6.45, 7) is 0. The number of halogens is 1. The van der Waals surface area contributed by atoms with Gasteiger partial charge in [-0.25, -0.2) is 9.18 Å². The van der Waals surface area contributed by atoms with Crippen LogP contribution in [0.25, 0.3) is 0 Å². The van der Waals surface area contributed by atoms with Gasteiger partial charge in [-0.3, -0.25) is 0 Å². The van der Waals surface area contributed by atoms with Crippen LogP contribution in [-0.2, 0) is 4.74 Å². The molecule has 0 aliphatic carbocycles. The van der Waals surface area contributed by atoms with Crippen molar-refractivity contribution in [1.29, 1.82) is 0 Å². The predicted molar refractivity (Wildman–Crippen MR) is 66.9 cm³/mol. The van der Waals surface area contributed by atoms with Gasteiger partial charge in [0.2, 0.25) is 0 Å². The molecular weight excluding hydrogens is 251 g/mol. The van der Waals surface area contributed by atoms with Gasteiger partial charge in [0.25, 0.3) is 0 Å². The molecular formula is C14H9FO2S. The van der Waals surface area contributed by atoms with Gasteiger partial charge in [-0.1, -0.05) is 36.0 Å². The minimum atomic E-state index is -0.409. The minimum Gasteiger partial charge on any atom is -0.442 e. The van der Waals surface area contributed by atoms with E-state index in [4.69, 9.17) is 4.74 Å². The highest BCUT2D eigenvalue weighted by molar-refractivity contribution is 7.99. The third-order valence-electron chi connectivity index (χ3n) is 2.70. The minimum absolute atomic E-state index is 0.300. The van der Waals surface area contributed by atoms with Gasteiger partial charge < -0.3 is 4.74 Å². The fraction of sp³-hybridized carbons (Fsp3) is 0.0714. The smallest absolute Gasteiger partial charge is 0.340 e. The molecule has 18 heavy (non-hydrogen) atoms.